The third kappa shape index (κ3) is 6.29. The second-order valence-corrected chi connectivity index (χ2v) is 11.0. The Labute approximate surface area is 234 Å². The maximum atomic E-state index is 13.7. The average Bonchev–Trinajstić information content (AvgIpc) is 3.43. The van der Waals surface area contributed by atoms with Gasteiger partial charge in [-0.1, -0.05) is 23.7 Å². The summed E-state index contributed by atoms with van der Waals surface area (Å²) in [6.45, 7) is 3.65. The van der Waals surface area contributed by atoms with Crippen molar-refractivity contribution in [3.63, 3.8) is 0 Å². The quantitative estimate of drug-likeness (QED) is 0.552. The Kier molecular flexibility index (Phi) is 8.53. The molecule has 0 unspecified atom stereocenters. The van der Waals surface area contributed by atoms with Gasteiger partial charge in [0.2, 0.25) is 5.91 Å². The fourth-order valence-corrected chi connectivity index (χ4v) is 5.93. The number of nitrogens with zero attached hydrogens (tertiary/aromatic N) is 5. The molecule has 2 aromatic rings. The Morgan fingerprint density at radius 2 is 1.79 bits per heavy atom. The predicted molar refractivity (Wildman–Crippen MR) is 147 cm³/mol. The molecule has 4 heterocycles. The molecule has 1 aromatic carbocycles. The van der Waals surface area contributed by atoms with Gasteiger partial charge in [0, 0.05) is 69.1 Å². The molecular formula is C29H34ClN5O4. The van der Waals surface area contributed by atoms with Crippen LogP contribution in [0, 0.1) is 17.2 Å². The van der Waals surface area contributed by atoms with Gasteiger partial charge in [0.15, 0.2) is 0 Å². The monoisotopic (exact) mass is 551 g/mol. The van der Waals surface area contributed by atoms with Gasteiger partial charge in [0.1, 0.15) is 18.0 Å². The molecule has 2 atom stereocenters. The number of carbonyl (C=O) groups excluding carboxylic acids is 2. The molecule has 9 nitrogen and oxygen atoms in total. The zero-order valence-electron chi connectivity index (χ0n) is 22.2. The molecule has 1 aromatic heterocycles. The number of benzene rings is 1. The summed E-state index contributed by atoms with van der Waals surface area (Å²) in [7, 11) is 1.77. The van der Waals surface area contributed by atoms with E-state index in [4.69, 9.17) is 26.3 Å². The molecule has 0 saturated carbocycles. The number of likely N-dealkylation sites (N-methyl/N-ethyl adjacent to an activating group) is 1. The highest BCUT2D eigenvalue weighted by Crippen LogP contribution is 2.34. The number of carbonyl (C=O) groups is 2. The van der Waals surface area contributed by atoms with Crippen LogP contribution in [0.1, 0.15) is 42.7 Å². The Morgan fingerprint density at radius 1 is 1.08 bits per heavy atom. The molecule has 3 aliphatic heterocycles. The van der Waals surface area contributed by atoms with Crippen molar-refractivity contribution in [1.82, 2.24) is 14.8 Å². The van der Waals surface area contributed by atoms with Gasteiger partial charge in [-0.05, 0) is 42.7 Å². The van der Waals surface area contributed by atoms with Gasteiger partial charge in [-0.3, -0.25) is 4.79 Å². The first kappa shape index (κ1) is 27.2. The third-order valence-electron chi connectivity index (χ3n) is 8.17. The summed E-state index contributed by atoms with van der Waals surface area (Å²) in [6.07, 6.45) is 3.94. The van der Waals surface area contributed by atoms with E-state index in [1.807, 2.05) is 35.2 Å². The first-order chi connectivity index (χ1) is 18.9. The van der Waals surface area contributed by atoms with Crippen LogP contribution in [0.25, 0.3) is 0 Å². The Morgan fingerprint density at radius 3 is 2.44 bits per heavy atom. The average molecular weight is 552 g/mol. The lowest BCUT2D eigenvalue weighted by Crippen LogP contribution is -2.45. The molecule has 3 saturated heterocycles. The lowest BCUT2D eigenvalue weighted by molar-refractivity contribution is -0.135. The van der Waals surface area contributed by atoms with E-state index in [0.717, 1.165) is 37.3 Å². The Balaban J connectivity index is 1.25. The number of rotatable bonds is 5. The van der Waals surface area contributed by atoms with Crippen LogP contribution in [-0.2, 0) is 14.3 Å². The zero-order valence-corrected chi connectivity index (χ0v) is 22.9. The summed E-state index contributed by atoms with van der Waals surface area (Å²) in [6, 6.07) is 13.2. The van der Waals surface area contributed by atoms with Crippen molar-refractivity contribution in [2.45, 2.75) is 43.7 Å². The van der Waals surface area contributed by atoms with Crippen molar-refractivity contribution >= 4 is 29.4 Å². The summed E-state index contributed by atoms with van der Waals surface area (Å²) in [5.41, 5.74) is 1.58. The van der Waals surface area contributed by atoms with Crippen molar-refractivity contribution in [3.8, 4) is 6.07 Å². The molecule has 0 spiro atoms. The van der Waals surface area contributed by atoms with Gasteiger partial charge in [0.05, 0.1) is 24.8 Å². The fraction of sp³-hybridized carbons (Fsp3) is 0.517. The largest absolute Gasteiger partial charge is 0.446 e. The minimum absolute atomic E-state index is 0.0404. The maximum absolute atomic E-state index is 13.7. The highest BCUT2D eigenvalue weighted by Gasteiger charge is 2.42. The third-order valence-corrected chi connectivity index (χ3v) is 8.42. The molecular weight excluding hydrogens is 518 g/mol. The number of halogens is 1. The molecule has 0 radical (unpaired) electrons. The van der Waals surface area contributed by atoms with E-state index in [1.165, 1.54) is 0 Å². The zero-order chi connectivity index (χ0) is 27.4. The van der Waals surface area contributed by atoms with Crippen molar-refractivity contribution in [2.75, 3.05) is 51.3 Å². The lowest BCUT2D eigenvalue weighted by atomic mass is 9.93. The highest BCUT2D eigenvalue weighted by molar-refractivity contribution is 6.30. The van der Waals surface area contributed by atoms with E-state index >= 15 is 0 Å². The molecule has 206 valence electrons. The fourth-order valence-electron chi connectivity index (χ4n) is 5.80. The van der Waals surface area contributed by atoms with E-state index in [1.54, 1.807) is 24.2 Å². The van der Waals surface area contributed by atoms with E-state index in [0.29, 0.717) is 49.7 Å². The minimum Gasteiger partial charge on any atom is -0.446 e. The van der Waals surface area contributed by atoms with E-state index in [9.17, 15) is 9.59 Å². The van der Waals surface area contributed by atoms with Gasteiger partial charge in [-0.15, -0.1) is 0 Å². The number of aromatic nitrogens is 1. The van der Waals surface area contributed by atoms with E-state index in [2.05, 4.69) is 16.0 Å². The number of likely N-dealkylation sites (tertiary alicyclic amines) is 1. The first-order valence-corrected chi connectivity index (χ1v) is 14.0. The van der Waals surface area contributed by atoms with Crippen molar-refractivity contribution in [3.05, 3.63) is 58.7 Å². The summed E-state index contributed by atoms with van der Waals surface area (Å²) in [5, 5.41) is 9.66. The Bertz CT molecular complexity index is 1190. The second kappa shape index (κ2) is 12.2. The van der Waals surface area contributed by atoms with Gasteiger partial charge >= 0.3 is 6.09 Å². The standard InChI is InChI=1S/C29H34ClN5O4/c1-33(29(37)39-24-10-14-38-15-11-24)26-19-35(18-25(26)21-3-5-23(30)6-4-21)28(36)22-8-12-34(13-9-22)27-7-2-20(16-31)17-32-27/h2-7,17,22,24-26H,8-15,18-19H2,1H3/t25-,26+/m0/s1. The van der Waals surface area contributed by atoms with E-state index in [-0.39, 0.29) is 36.0 Å². The van der Waals surface area contributed by atoms with Gasteiger partial charge in [-0.25, -0.2) is 9.78 Å². The molecule has 39 heavy (non-hydrogen) atoms. The number of anilines is 1. The summed E-state index contributed by atoms with van der Waals surface area (Å²) < 4.78 is 11.2. The van der Waals surface area contributed by atoms with Crippen LogP contribution in [0.4, 0.5) is 10.6 Å². The van der Waals surface area contributed by atoms with Crippen LogP contribution < -0.4 is 4.90 Å². The topological polar surface area (TPSA) is 99.0 Å². The van der Waals surface area contributed by atoms with Crippen LogP contribution in [0.2, 0.25) is 5.02 Å². The van der Waals surface area contributed by atoms with Crippen LogP contribution in [0.5, 0.6) is 0 Å². The van der Waals surface area contributed by atoms with Gasteiger partial charge in [-0.2, -0.15) is 5.26 Å². The number of hydrogen-bond acceptors (Lipinski definition) is 7. The number of piperidine rings is 1. The number of pyridine rings is 1. The van der Waals surface area contributed by atoms with Crippen molar-refractivity contribution < 1.29 is 19.1 Å². The molecule has 3 aliphatic rings. The maximum Gasteiger partial charge on any atom is 0.410 e. The van der Waals surface area contributed by atoms with Crippen LogP contribution in [-0.4, -0.2) is 85.4 Å². The number of ether oxygens (including phenoxy) is 2. The molecule has 0 N–H and O–H groups in total. The van der Waals surface area contributed by atoms with Crippen LogP contribution in [0.3, 0.4) is 0 Å². The smallest absolute Gasteiger partial charge is 0.410 e. The second-order valence-electron chi connectivity index (χ2n) is 10.6. The van der Waals surface area contributed by atoms with Crippen LogP contribution in [0.15, 0.2) is 42.6 Å². The highest BCUT2D eigenvalue weighted by atomic mass is 35.5. The lowest BCUT2D eigenvalue weighted by Gasteiger charge is -2.34. The Hall–Kier alpha value is -3.35. The van der Waals surface area contributed by atoms with Gasteiger partial charge in [0.25, 0.3) is 0 Å². The molecule has 3 fully saturated rings. The first-order valence-electron chi connectivity index (χ1n) is 13.6. The molecule has 5 rings (SSSR count). The minimum atomic E-state index is -0.358. The van der Waals surface area contributed by atoms with Crippen LogP contribution >= 0.6 is 11.6 Å². The molecule has 10 heteroatoms. The summed E-state index contributed by atoms with van der Waals surface area (Å²) in [5.74, 6) is 0.842. The van der Waals surface area contributed by atoms with E-state index < -0.39 is 0 Å². The molecule has 0 bridgehead atoms. The summed E-state index contributed by atoms with van der Waals surface area (Å²) >= 11 is 6.15. The number of hydrogen-bond donors (Lipinski definition) is 0. The number of nitriles is 1. The molecule has 0 aliphatic carbocycles. The predicted octanol–water partition coefficient (Wildman–Crippen LogP) is 4.07. The van der Waals surface area contributed by atoms with Crippen molar-refractivity contribution in [1.29, 1.82) is 5.26 Å². The number of amides is 2. The van der Waals surface area contributed by atoms with Crippen molar-refractivity contribution in [2.24, 2.45) is 5.92 Å². The normalized spacial score (nSPS) is 22.4. The van der Waals surface area contributed by atoms with Gasteiger partial charge < -0.3 is 24.2 Å². The molecule has 2 amide bonds. The SMILES string of the molecule is CN(C(=O)OC1CCOCC1)[C@@H]1CN(C(=O)C2CCN(c3ccc(C#N)cn3)CC2)C[C@H]1c1ccc(Cl)cc1. The summed E-state index contributed by atoms with van der Waals surface area (Å²) in [4.78, 5) is 37.0.